The van der Waals surface area contributed by atoms with E-state index in [1.54, 1.807) is 0 Å². The molecule has 1 amide bonds. The number of rotatable bonds is 5. The number of nitrogens with one attached hydrogen (secondary N) is 1. The van der Waals surface area contributed by atoms with Crippen molar-refractivity contribution in [3.63, 3.8) is 0 Å². The van der Waals surface area contributed by atoms with Crippen LogP contribution in [0.25, 0.3) is 0 Å². The van der Waals surface area contributed by atoms with Gasteiger partial charge in [0.05, 0.1) is 30.8 Å². The summed E-state index contributed by atoms with van der Waals surface area (Å²) in [7, 11) is 0. The maximum Gasteiger partial charge on any atom is 0.217 e. The number of hydrogen-bond donors (Lipinski definition) is 4. The molecule has 6 nitrogen and oxygen atoms in total. The van der Waals surface area contributed by atoms with Gasteiger partial charge in [0.1, 0.15) is 6.10 Å². The summed E-state index contributed by atoms with van der Waals surface area (Å²) in [6, 6.07) is 18.1. The smallest absolute Gasteiger partial charge is 0.217 e. The Kier molecular flexibility index (Phi) is 6.23. The molecule has 0 radical (unpaired) electrons. The Labute approximate surface area is 159 Å². The molecular weight excluding hydrogens is 344 g/mol. The summed E-state index contributed by atoms with van der Waals surface area (Å²) in [5.41, 5.74) is 2.01. The molecule has 1 saturated heterocycles. The Morgan fingerprint density at radius 1 is 1.04 bits per heavy atom. The topological polar surface area (TPSA) is 93.0 Å². The van der Waals surface area contributed by atoms with E-state index in [0.29, 0.717) is 6.54 Å². The lowest BCUT2D eigenvalue weighted by Gasteiger charge is -2.48. The number of carbonyl (C=O) groups excluding carboxylic acids is 1. The first-order chi connectivity index (χ1) is 13.0. The van der Waals surface area contributed by atoms with Gasteiger partial charge in [-0.3, -0.25) is 9.69 Å². The molecule has 3 rings (SSSR count). The predicted molar refractivity (Wildman–Crippen MR) is 102 cm³/mol. The van der Waals surface area contributed by atoms with Crippen LogP contribution in [0.2, 0.25) is 0 Å². The second kappa shape index (κ2) is 8.63. The zero-order valence-corrected chi connectivity index (χ0v) is 15.3. The monoisotopic (exact) mass is 370 g/mol. The van der Waals surface area contributed by atoms with Gasteiger partial charge in [0.15, 0.2) is 0 Å². The van der Waals surface area contributed by atoms with E-state index < -0.39 is 24.3 Å². The summed E-state index contributed by atoms with van der Waals surface area (Å²) in [6.45, 7) is 1.38. The van der Waals surface area contributed by atoms with Crippen molar-refractivity contribution in [3.8, 4) is 0 Å². The van der Waals surface area contributed by atoms with Gasteiger partial charge >= 0.3 is 0 Å². The van der Waals surface area contributed by atoms with E-state index in [1.165, 1.54) is 6.92 Å². The molecular formula is C21H26N2O4. The van der Waals surface area contributed by atoms with E-state index in [0.717, 1.165) is 11.1 Å². The van der Waals surface area contributed by atoms with Crippen LogP contribution in [0.4, 0.5) is 0 Å². The summed E-state index contributed by atoms with van der Waals surface area (Å²) in [4.78, 5) is 13.5. The van der Waals surface area contributed by atoms with Gasteiger partial charge in [-0.05, 0) is 11.1 Å². The van der Waals surface area contributed by atoms with Gasteiger partial charge < -0.3 is 20.6 Å². The molecule has 0 bridgehead atoms. The minimum Gasteiger partial charge on any atom is -0.395 e. The SMILES string of the molecule is CC(=O)N[C@H]1CN(C(c2ccccc2)c2ccccc2)[C@H](CO)[C@@H](O)[C@@H]1O. The first kappa shape index (κ1) is 19.5. The maximum absolute atomic E-state index is 11.6. The summed E-state index contributed by atoms with van der Waals surface area (Å²) in [5, 5.41) is 33.7. The number of piperidine rings is 1. The third-order valence-corrected chi connectivity index (χ3v) is 5.13. The molecule has 1 aliphatic rings. The lowest BCUT2D eigenvalue weighted by molar-refractivity contribution is -0.131. The summed E-state index contributed by atoms with van der Waals surface area (Å²) >= 11 is 0. The molecule has 1 fully saturated rings. The summed E-state index contributed by atoms with van der Waals surface area (Å²) in [5.74, 6) is -0.273. The van der Waals surface area contributed by atoms with Crippen LogP contribution in [-0.2, 0) is 4.79 Å². The van der Waals surface area contributed by atoms with E-state index in [9.17, 15) is 20.1 Å². The van der Waals surface area contributed by atoms with Crippen molar-refractivity contribution < 1.29 is 20.1 Å². The van der Waals surface area contributed by atoms with Gasteiger partial charge in [0.2, 0.25) is 5.91 Å². The van der Waals surface area contributed by atoms with Gasteiger partial charge in [0.25, 0.3) is 0 Å². The third kappa shape index (κ3) is 4.20. The standard InChI is InChI=1S/C21H26N2O4/c1-14(25)22-17-12-23(18(13-24)21(27)20(17)26)19(15-8-4-2-5-9-15)16-10-6-3-7-11-16/h2-11,17-21,24,26-27H,12-13H2,1H3,(H,22,25)/t17-,18+,20+,21+/m0/s1. The third-order valence-electron chi connectivity index (χ3n) is 5.13. The van der Waals surface area contributed by atoms with Crippen molar-refractivity contribution in [1.82, 2.24) is 10.2 Å². The van der Waals surface area contributed by atoms with Crippen LogP contribution in [0, 0.1) is 0 Å². The summed E-state index contributed by atoms with van der Waals surface area (Å²) < 4.78 is 0. The van der Waals surface area contributed by atoms with Crippen molar-refractivity contribution in [2.24, 2.45) is 0 Å². The molecule has 0 saturated carbocycles. The molecule has 4 atom stereocenters. The fourth-order valence-electron chi connectivity index (χ4n) is 3.88. The van der Waals surface area contributed by atoms with Crippen LogP contribution in [0.5, 0.6) is 0 Å². The van der Waals surface area contributed by atoms with Crippen LogP contribution >= 0.6 is 0 Å². The highest BCUT2D eigenvalue weighted by molar-refractivity contribution is 5.73. The Hall–Kier alpha value is -2.25. The zero-order valence-electron chi connectivity index (χ0n) is 15.3. The molecule has 0 aromatic heterocycles. The normalized spacial score (nSPS) is 26.1. The Balaban J connectivity index is 2.04. The van der Waals surface area contributed by atoms with Crippen molar-refractivity contribution in [2.45, 2.75) is 37.3 Å². The first-order valence-corrected chi connectivity index (χ1v) is 9.12. The van der Waals surface area contributed by atoms with E-state index >= 15 is 0 Å². The number of nitrogens with zero attached hydrogens (tertiary/aromatic N) is 1. The molecule has 144 valence electrons. The number of hydrogen-bond acceptors (Lipinski definition) is 5. The number of aliphatic hydroxyl groups is 3. The number of likely N-dealkylation sites (tertiary alicyclic amines) is 1. The average molecular weight is 370 g/mol. The van der Waals surface area contributed by atoms with Crippen molar-refractivity contribution in [3.05, 3.63) is 71.8 Å². The lowest BCUT2D eigenvalue weighted by atomic mass is 9.87. The Morgan fingerprint density at radius 2 is 1.56 bits per heavy atom. The van der Waals surface area contributed by atoms with Crippen LogP contribution in [0.3, 0.4) is 0 Å². The fourth-order valence-corrected chi connectivity index (χ4v) is 3.88. The highest BCUT2D eigenvalue weighted by Gasteiger charge is 2.45. The van der Waals surface area contributed by atoms with Gasteiger partial charge in [-0.25, -0.2) is 0 Å². The van der Waals surface area contributed by atoms with E-state index in [2.05, 4.69) is 5.32 Å². The van der Waals surface area contributed by atoms with E-state index in [1.807, 2.05) is 65.6 Å². The molecule has 1 aliphatic heterocycles. The Morgan fingerprint density at radius 3 is 2.00 bits per heavy atom. The van der Waals surface area contributed by atoms with Crippen LogP contribution < -0.4 is 5.32 Å². The Bertz CT molecular complexity index is 701. The fraction of sp³-hybridized carbons (Fsp3) is 0.381. The first-order valence-electron chi connectivity index (χ1n) is 9.12. The molecule has 0 aliphatic carbocycles. The van der Waals surface area contributed by atoms with Crippen LogP contribution in [0.1, 0.15) is 24.1 Å². The second-order valence-electron chi connectivity index (χ2n) is 6.96. The van der Waals surface area contributed by atoms with Crippen molar-refractivity contribution in [1.29, 1.82) is 0 Å². The minimum atomic E-state index is -1.18. The molecule has 27 heavy (non-hydrogen) atoms. The largest absolute Gasteiger partial charge is 0.395 e. The number of amides is 1. The molecule has 2 aromatic rings. The molecule has 0 spiro atoms. The molecule has 2 aromatic carbocycles. The second-order valence-corrected chi connectivity index (χ2v) is 6.96. The number of aliphatic hydroxyl groups excluding tert-OH is 3. The van der Waals surface area contributed by atoms with Crippen molar-refractivity contribution >= 4 is 5.91 Å². The highest BCUT2D eigenvalue weighted by Crippen LogP contribution is 2.34. The van der Waals surface area contributed by atoms with Crippen LogP contribution in [-0.4, -0.2) is 63.6 Å². The zero-order chi connectivity index (χ0) is 19.4. The minimum absolute atomic E-state index is 0.233. The lowest BCUT2D eigenvalue weighted by Crippen LogP contribution is -2.66. The van der Waals surface area contributed by atoms with Gasteiger partial charge in [0, 0.05) is 13.5 Å². The van der Waals surface area contributed by atoms with E-state index in [-0.39, 0.29) is 18.6 Å². The number of benzene rings is 2. The molecule has 4 N–H and O–H groups in total. The van der Waals surface area contributed by atoms with E-state index in [4.69, 9.17) is 0 Å². The van der Waals surface area contributed by atoms with Gasteiger partial charge in [-0.1, -0.05) is 60.7 Å². The predicted octanol–water partition coefficient (Wildman–Crippen LogP) is 0.679. The van der Waals surface area contributed by atoms with Crippen molar-refractivity contribution in [2.75, 3.05) is 13.2 Å². The average Bonchev–Trinajstić information content (AvgIpc) is 2.68. The molecule has 1 heterocycles. The summed E-state index contributed by atoms with van der Waals surface area (Å²) in [6.07, 6.45) is -2.33. The van der Waals surface area contributed by atoms with Crippen LogP contribution in [0.15, 0.2) is 60.7 Å². The highest BCUT2D eigenvalue weighted by atomic mass is 16.3. The van der Waals surface area contributed by atoms with Gasteiger partial charge in [-0.15, -0.1) is 0 Å². The number of carbonyl (C=O) groups is 1. The molecule has 6 heteroatoms. The van der Waals surface area contributed by atoms with Gasteiger partial charge in [-0.2, -0.15) is 0 Å². The molecule has 0 unspecified atom stereocenters. The maximum atomic E-state index is 11.6. The quantitative estimate of drug-likeness (QED) is 0.621.